The molecule has 0 amide bonds. The molecular weight excluding hydrogens is 184 g/mol. The lowest BCUT2D eigenvalue weighted by molar-refractivity contribution is 0.121. The van der Waals surface area contributed by atoms with Crippen LogP contribution in [0.3, 0.4) is 0 Å². The molecule has 12 heavy (non-hydrogen) atoms. The summed E-state index contributed by atoms with van der Waals surface area (Å²) in [7, 11) is -3.80. The van der Waals surface area contributed by atoms with Crippen molar-refractivity contribution in [3.8, 4) is 0 Å². The Morgan fingerprint density at radius 1 is 1.58 bits per heavy atom. The summed E-state index contributed by atoms with van der Waals surface area (Å²) < 4.78 is 34.9. The largest absolute Gasteiger partial charge is 0.500 e. The van der Waals surface area contributed by atoms with Crippen molar-refractivity contribution in [2.24, 2.45) is 0 Å². The van der Waals surface area contributed by atoms with E-state index in [2.05, 4.69) is 8.37 Å². The molecule has 0 spiro atoms. The standard InChI is InChI=1S/C6H8O5S/c7-12(8)10-4-6(11-12)3-9-5-1-2-5/h4-5H,1-3H2. The molecule has 6 heteroatoms. The Labute approximate surface area is 70.2 Å². The SMILES string of the molecule is O=S1(=O)OC=C(COC2CC2)O1. The molecule has 0 unspecified atom stereocenters. The highest BCUT2D eigenvalue weighted by Gasteiger charge is 2.27. The lowest BCUT2D eigenvalue weighted by Crippen LogP contribution is -2.03. The normalized spacial score (nSPS) is 25.8. The van der Waals surface area contributed by atoms with Gasteiger partial charge in [-0.1, -0.05) is 0 Å². The highest BCUT2D eigenvalue weighted by Crippen LogP contribution is 2.25. The van der Waals surface area contributed by atoms with Crippen LogP contribution in [0.5, 0.6) is 0 Å². The van der Waals surface area contributed by atoms with E-state index in [0.29, 0.717) is 0 Å². The molecule has 68 valence electrons. The van der Waals surface area contributed by atoms with Crippen molar-refractivity contribution in [3.05, 3.63) is 12.0 Å². The van der Waals surface area contributed by atoms with E-state index in [0.717, 1.165) is 19.1 Å². The van der Waals surface area contributed by atoms with Gasteiger partial charge >= 0.3 is 10.4 Å². The molecule has 0 aromatic heterocycles. The van der Waals surface area contributed by atoms with Crippen molar-refractivity contribution in [1.29, 1.82) is 0 Å². The van der Waals surface area contributed by atoms with Crippen LogP contribution in [0.1, 0.15) is 12.8 Å². The van der Waals surface area contributed by atoms with E-state index in [9.17, 15) is 8.42 Å². The second kappa shape index (κ2) is 2.63. The van der Waals surface area contributed by atoms with Crippen LogP contribution in [0, 0.1) is 0 Å². The first kappa shape index (κ1) is 7.88. The zero-order valence-corrected chi connectivity index (χ0v) is 7.04. The van der Waals surface area contributed by atoms with Gasteiger partial charge in [0, 0.05) is 0 Å². The van der Waals surface area contributed by atoms with Crippen molar-refractivity contribution < 1.29 is 21.5 Å². The summed E-state index contributed by atoms with van der Waals surface area (Å²) >= 11 is 0. The quantitative estimate of drug-likeness (QED) is 0.643. The third-order valence-electron chi connectivity index (χ3n) is 1.49. The molecule has 0 aromatic rings. The number of ether oxygens (including phenoxy) is 1. The molecule has 0 saturated heterocycles. The Kier molecular flexibility index (Phi) is 1.73. The molecule has 2 rings (SSSR count). The first-order valence-corrected chi connectivity index (χ1v) is 4.92. The van der Waals surface area contributed by atoms with Gasteiger partial charge in [-0.15, -0.1) is 8.42 Å². The van der Waals surface area contributed by atoms with E-state index in [-0.39, 0.29) is 18.5 Å². The second-order valence-corrected chi connectivity index (χ2v) is 3.86. The van der Waals surface area contributed by atoms with Crippen molar-refractivity contribution in [1.82, 2.24) is 0 Å². The van der Waals surface area contributed by atoms with Gasteiger partial charge in [0.05, 0.1) is 6.10 Å². The van der Waals surface area contributed by atoms with Gasteiger partial charge in [0.25, 0.3) is 0 Å². The maximum Gasteiger partial charge on any atom is 0.500 e. The molecule has 1 heterocycles. The fourth-order valence-electron chi connectivity index (χ4n) is 0.776. The fourth-order valence-corrected chi connectivity index (χ4v) is 1.39. The van der Waals surface area contributed by atoms with Crippen LogP contribution >= 0.6 is 0 Å². The van der Waals surface area contributed by atoms with Gasteiger partial charge in [-0.25, -0.2) is 0 Å². The molecule has 0 N–H and O–H groups in total. The van der Waals surface area contributed by atoms with Crippen molar-refractivity contribution in [3.63, 3.8) is 0 Å². The molecule has 0 radical (unpaired) electrons. The summed E-state index contributed by atoms with van der Waals surface area (Å²) in [5.41, 5.74) is 0. The van der Waals surface area contributed by atoms with Crippen LogP contribution in [0.15, 0.2) is 12.0 Å². The minimum Gasteiger partial charge on any atom is -0.370 e. The Bertz CT molecular complexity index is 300. The van der Waals surface area contributed by atoms with E-state index in [1.54, 1.807) is 0 Å². The van der Waals surface area contributed by atoms with Crippen LogP contribution in [0.2, 0.25) is 0 Å². The smallest absolute Gasteiger partial charge is 0.370 e. The van der Waals surface area contributed by atoms with Crippen LogP contribution in [-0.4, -0.2) is 21.1 Å². The third-order valence-corrected chi connectivity index (χ3v) is 2.24. The van der Waals surface area contributed by atoms with Crippen LogP contribution in [0.25, 0.3) is 0 Å². The van der Waals surface area contributed by atoms with E-state index < -0.39 is 10.4 Å². The number of hydrogen-bond donors (Lipinski definition) is 0. The van der Waals surface area contributed by atoms with E-state index in [4.69, 9.17) is 4.74 Å². The van der Waals surface area contributed by atoms with Crippen LogP contribution in [-0.2, 0) is 23.5 Å². The van der Waals surface area contributed by atoms with Gasteiger partial charge in [0.1, 0.15) is 6.61 Å². The highest BCUT2D eigenvalue weighted by molar-refractivity contribution is 7.82. The van der Waals surface area contributed by atoms with Crippen LogP contribution < -0.4 is 0 Å². The zero-order chi connectivity index (χ0) is 8.60. The van der Waals surface area contributed by atoms with Gasteiger partial charge in [-0.3, -0.25) is 0 Å². The van der Waals surface area contributed by atoms with E-state index >= 15 is 0 Å². The summed E-state index contributed by atoms with van der Waals surface area (Å²) in [5.74, 6) is 0.210. The Hall–Kier alpha value is -0.750. The first-order valence-electron chi connectivity index (χ1n) is 3.59. The predicted octanol–water partition coefficient (Wildman–Crippen LogP) is 0.298. The molecular formula is C6H8O5S. The molecule has 5 nitrogen and oxygen atoms in total. The van der Waals surface area contributed by atoms with E-state index in [1.165, 1.54) is 0 Å². The summed E-state index contributed by atoms with van der Waals surface area (Å²) in [6.07, 6.45) is 3.41. The lowest BCUT2D eigenvalue weighted by Gasteiger charge is -1.99. The minimum atomic E-state index is -3.80. The fraction of sp³-hybridized carbons (Fsp3) is 0.667. The maximum atomic E-state index is 10.5. The highest BCUT2D eigenvalue weighted by atomic mass is 32.3. The molecule has 0 aromatic carbocycles. The summed E-state index contributed by atoms with van der Waals surface area (Å²) in [4.78, 5) is 0. The number of rotatable bonds is 3. The zero-order valence-electron chi connectivity index (χ0n) is 6.23. The van der Waals surface area contributed by atoms with Gasteiger partial charge in [-0.2, -0.15) is 0 Å². The summed E-state index contributed by atoms with van der Waals surface area (Å²) in [6.45, 7) is 0.171. The second-order valence-electron chi connectivity index (χ2n) is 2.68. The topological polar surface area (TPSA) is 61.8 Å². The maximum absolute atomic E-state index is 10.5. The van der Waals surface area contributed by atoms with Crippen molar-refractivity contribution in [2.45, 2.75) is 18.9 Å². The number of hydrogen-bond acceptors (Lipinski definition) is 5. The summed E-state index contributed by atoms with van der Waals surface area (Å²) in [5, 5.41) is 0. The molecule has 0 bridgehead atoms. The predicted molar refractivity (Wildman–Crippen MR) is 38.1 cm³/mol. The minimum absolute atomic E-state index is 0.171. The van der Waals surface area contributed by atoms with Gasteiger partial charge in [0.2, 0.25) is 0 Å². The summed E-state index contributed by atoms with van der Waals surface area (Å²) in [6, 6.07) is 0. The molecule has 1 aliphatic heterocycles. The molecule has 1 aliphatic carbocycles. The van der Waals surface area contributed by atoms with Crippen molar-refractivity contribution in [2.75, 3.05) is 6.61 Å². The average Bonchev–Trinajstić information content (AvgIpc) is 2.74. The average molecular weight is 192 g/mol. The Morgan fingerprint density at radius 2 is 2.33 bits per heavy atom. The Balaban J connectivity index is 1.82. The van der Waals surface area contributed by atoms with Crippen molar-refractivity contribution >= 4 is 10.4 Å². The van der Waals surface area contributed by atoms with E-state index in [1.807, 2.05) is 0 Å². The van der Waals surface area contributed by atoms with Gasteiger partial charge in [-0.05, 0) is 12.8 Å². The monoisotopic (exact) mass is 192 g/mol. The van der Waals surface area contributed by atoms with Gasteiger partial charge in [0.15, 0.2) is 12.0 Å². The lowest BCUT2D eigenvalue weighted by atomic mass is 10.6. The first-order chi connectivity index (χ1) is 5.66. The Morgan fingerprint density at radius 3 is 2.83 bits per heavy atom. The third kappa shape index (κ3) is 1.89. The molecule has 1 saturated carbocycles. The molecule has 0 atom stereocenters. The van der Waals surface area contributed by atoms with Gasteiger partial charge < -0.3 is 13.1 Å². The van der Waals surface area contributed by atoms with Crippen LogP contribution in [0.4, 0.5) is 0 Å². The molecule has 2 aliphatic rings. The molecule has 1 fully saturated rings.